The number of hydrogen-bond donors (Lipinski definition) is 1. The van der Waals surface area contributed by atoms with E-state index < -0.39 is 6.04 Å². The van der Waals surface area contributed by atoms with Crippen LogP contribution < -0.4 is 5.32 Å². The van der Waals surface area contributed by atoms with E-state index >= 15 is 0 Å². The SMILES string of the molecule is CC1CN(C(CNC(=O)C2CC(=O)N(CC3CC3)C2)c2c(F)cccc2Cl)CCO1. The summed E-state index contributed by atoms with van der Waals surface area (Å²) in [5, 5.41) is 3.32. The molecule has 2 aliphatic heterocycles. The first-order chi connectivity index (χ1) is 14.4. The first kappa shape index (κ1) is 21.5. The maximum atomic E-state index is 14.7. The van der Waals surface area contributed by atoms with Crippen molar-refractivity contribution in [3.8, 4) is 0 Å². The molecule has 2 heterocycles. The average molecular weight is 438 g/mol. The Morgan fingerprint density at radius 3 is 2.87 bits per heavy atom. The molecule has 4 rings (SSSR count). The number of nitrogens with zero attached hydrogens (tertiary/aromatic N) is 2. The van der Waals surface area contributed by atoms with Gasteiger partial charge in [-0.2, -0.15) is 0 Å². The standard InChI is InChI=1S/C22H29ClFN3O3/c1-14-11-26(7-8-30-14)19(21-17(23)3-2-4-18(21)24)10-25-22(29)16-9-20(28)27(13-16)12-15-5-6-15/h2-4,14-16,19H,5-13H2,1H3,(H,25,29). The Bertz CT molecular complexity index is 784. The third kappa shape index (κ3) is 4.95. The van der Waals surface area contributed by atoms with Crippen molar-refractivity contribution in [2.24, 2.45) is 11.8 Å². The zero-order valence-corrected chi connectivity index (χ0v) is 18.0. The molecule has 6 nitrogen and oxygen atoms in total. The topological polar surface area (TPSA) is 61.9 Å². The Morgan fingerprint density at radius 1 is 1.37 bits per heavy atom. The Hall–Kier alpha value is -1.70. The van der Waals surface area contributed by atoms with Crippen LogP contribution in [0.5, 0.6) is 0 Å². The van der Waals surface area contributed by atoms with Gasteiger partial charge in [-0.3, -0.25) is 14.5 Å². The molecular weight excluding hydrogens is 409 g/mol. The Morgan fingerprint density at radius 2 is 2.17 bits per heavy atom. The molecule has 1 aromatic carbocycles. The maximum absolute atomic E-state index is 14.7. The van der Waals surface area contributed by atoms with Crippen LogP contribution in [-0.4, -0.2) is 67.0 Å². The number of benzene rings is 1. The van der Waals surface area contributed by atoms with Crippen LogP contribution in [0.15, 0.2) is 18.2 Å². The van der Waals surface area contributed by atoms with Crippen molar-refractivity contribution in [3.63, 3.8) is 0 Å². The van der Waals surface area contributed by atoms with E-state index in [1.54, 1.807) is 12.1 Å². The molecule has 3 fully saturated rings. The van der Waals surface area contributed by atoms with Crippen molar-refractivity contribution in [2.75, 3.05) is 39.3 Å². The molecule has 0 bridgehead atoms. The molecule has 0 radical (unpaired) electrons. The molecule has 1 aliphatic carbocycles. The van der Waals surface area contributed by atoms with Gasteiger partial charge in [0, 0.05) is 49.7 Å². The number of carbonyl (C=O) groups excluding carboxylic acids is 2. The van der Waals surface area contributed by atoms with Gasteiger partial charge in [-0.15, -0.1) is 0 Å². The molecule has 1 saturated carbocycles. The van der Waals surface area contributed by atoms with Gasteiger partial charge in [0.25, 0.3) is 0 Å². The lowest BCUT2D eigenvalue weighted by atomic mass is 10.0. The zero-order chi connectivity index (χ0) is 21.3. The summed E-state index contributed by atoms with van der Waals surface area (Å²) in [4.78, 5) is 29.0. The van der Waals surface area contributed by atoms with Crippen LogP contribution in [-0.2, 0) is 14.3 Å². The summed E-state index contributed by atoms with van der Waals surface area (Å²) in [5.74, 6) is -0.228. The number of likely N-dealkylation sites (tertiary alicyclic amines) is 1. The predicted molar refractivity (Wildman–Crippen MR) is 112 cm³/mol. The van der Waals surface area contributed by atoms with Crippen LogP contribution in [0.4, 0.5) is 4.39 Å². The highest BCUT2D eigenvalue weighted by atomic mass is 35.5. The van der Waals surface area contributed by atoms with Gasteiger partial charge in [0.2, 0.25) is 11.8 Å². The van der Waals surface area contributed by atoms with E-state index in [2.05, 4.69) is 10.2 Å². The highest BCUT2D eigenvalue weighted by molar-refractivity contribution is 6.31. The van der Waals surface area contributed by atoms with Crippen LogP contribution in [0.1, 0.15) is 37.8 Å². The molecule has 0 spiro atoms. The number of carbonyl (C=O) groups is 2. The van der Waals surface area contributed by atoms with Crippen molar-refractivity contribution in [1.82, 2.24) is 15.1 Å². The van der Waals surface area contributed by atoms with E-state index in [0.29, 0.717) is 42.7 Å². The monoisotopic (exact) mass is 437 g/mol. The number of hydrogen-bond acceptors (Lipinski definition) is 4. The fraction of sp³-hybridized carbons (Fsp3) is 0.636. The van der Waals surface area contributed by atoms with Gasteiger partial charge < -0.3 is 15.0 Å². The van der Waals surface area contributed by atoms with Crippen LogP contribution in [0.25, 0.3) is 0 Å². The van der Waals surface area contributed by atoms with E-state index in [0.717, 1.165) is 6.54 Å². The van der Waals surface area contributed by atoms with Crippen LogP contribution >= 0.6 is 11.6 Å². The Balaban J connectivity index is 1.44. The highest BCUT2D eigenvalue weighted by Gasteiger charge is 2.38. The summed E-state index contributed by atoms with van der Waals surface area (Å²) in [6.45, 7) is 5.26. The van der Waals surface area contributed by atoms with Gasteiger partial charge in [0.1, 0.15) is 5.82 Å². The molecular formula is C22H29ClFN3O3. The molecule has 3 aliphatic rings. The summed E-state index contributed by atoms with van der Waals surface area (Å²) in [6.07, 6.45) is 2.61. The highest BCUT2D eigenvalue weighted by Crippen LogP contribution is 2.33. The molecule has 8 heteroatoms. The quantitative estimate of drug-likeness (QED) is 0.712. The second kappa shape index (κ2) is 9.20. The molecule has 1 aromatic rings. The Labute approximate surface area is 181 Å². The predicted octanol–water partition coefficient (Wildman–Crippen LogP) is 2.62. The normalized spacial score (nSPS) is 26.1. The van der Waals surface area contributed by atoms with Gasteiger partial charge in [-0.25, -0.2) is 4.39 Å². The van der Waals surface area contributed by atoms with Crippen LogP contribution in [0, 0.1) is 17.7 Å². The summed E-state index contributed by atoms with van der Waals surface area (Å²) >= 11 is 6.35. The van der Waals surface area contributed by atoms with Crippen molar-refractivity contribution >= 4 is 23.4 Å². The number of amides is 2. The van der Waals surface area contributed by atoms with E-state index in [9.17, 15) is 14.0 Å². The summed E-state index contributed by atoms with van der Waals surface area (Å²) in [7, 11) is 0. The molecule has 0 aromatic heterocycles. The first-order valence-electron chi connectivity index (χ1n) is 10.8. The average Bonchev–Trinajstić information content (AvgIpc) is 3.45. The lowest BCUT2D eigenvalue weighted by Crippen LogP contribution is -2.47. The smallest absolute Gasteiger partial charge is 0.225 e. The number of ether oxygens (including phenoxy) is 1. The maximum Gasteiger partial charge on any atom is 0.225 e. The minimum atomic E-state index is -0.395. The van der Waals surface area contributed by atoms with Crippen LogP contribution in [0.2, 0.25) is 5.02 Å². The van der Waals surface area contributed by atoms with Gasteiger partial charge >= 0.3 is 0 Å². The molecule has 1 N–H and O–H groups in total. The number of morpholine rings is 1. The molecule has 2 amide bonds. The summed E-state index contributed by atoms with van der Waals surface area (Å²) in [5.41, 5.74) is 0.395. The van der Waals surface area contributed by atoms with Crippen molar-refractivity contribution < 1.29 is 18.7 Å². The first-order valence-corrected chi connectivity index (χ1v) is 11.1. The second-order valence-electron chi connectivity index (χ2n) is 8.72. The minimum Gasteiger partial charge on any atom is -0.376 e. The minimum absolute atomic E-state index is 0.0194. The largest absolute Gasteiger partial charge is 0.376 e. The van der Waals surface area contributed by atoms with Gasteiger partial charge in [-0.05, 0) is 37.8 Å². The van der Waals surface area contributed by atoms with E-state index in [4.69, 9.17) is 16.3 Å². The van der Waals surface area contributed by atoms with Gasteiger partial charge in [0.05, 0.1) is 24.7 Å². The zero-order valence-electron chi connectivity index (χ0n) is 17.3. The molecule has 3 unspecified atom stereocenters. The fourth-order valence-electron chi connectivity index (χ4n) is 4.45. The van der Waals surface area contributed by atoms with Crippen molar-refractivity contribution in [3.05, 3.63) is 34.6 Å². The van der Waals surface area contributed by atoms with Crippen molar-refractivity contribution in [1.29, 1.82) is 0 Å². The number of rotatable bonds is 7. The van der Waals surface area contributed by atoms with Gasteiger partial charge in [-0.1, -0.05) is 17.7 Å². The molecule has 3 atom stereocenters. The summed E-state index contributed by atoms with van der Waals surface area (Å²) in [6, 6.07) is 4.25. The lowest BCUT2D eigenvalue weighted by molar-refractivity contribution is -0.129. The third-order valence-electron chi connectivity index (χ3n) is 6.28. The van der Waals surface area contributed by atoms with Gasteiger partial charge in [0.15, 0.2) is 0 Å². The number of nitrogens with one attached hydrogen (secondary N) is 1. The van der Waals surface area contributed by atoms with E-state index in [1.165, 1.54) is 18.9 Å². The molecule has 30 heavy (non-hydrogen) atoms. The fourth-order valence-corrected chi connectivity index (χ4v) is 4.74. The number of halogens is 2. The molecule has 2 saturated heterocycles. The van der Waals surface area contributed by atoms with E-state index in [1.807, 2.05) is 11.8 Å². The van der Waals surface area contributed by atoms with Crippen LogP contribution in [0.3, 0.4) is 0 Å². The summed E-state index contributed by atoms with van der Waals surface area (Å²) < 4.78 is 20.3. The van der Waals surface area contributed by atoms with Crippen molar-refractivity contribution in [2.45, 2.75) is 38.3 Å². The second-order valence-corrected chi connectivity index (χ2v) is 9.12. The molecule has 164 valence electrons. The Kier molecular flexibility index (Phi) is 6.60. The lowest BCUT2D eigenvalue weighted by Gasteiger charge is -2.38. The third-order valence-corrected chi connectivity index (χ3v) is 6.61. The van der Waals surface area contributed by atoms with E-state index in [-0.39, 0.29) is 42.6 Å².